The molecule has 5 nitrogen and oxygen atoms in total. The van der Waals surface area contributed by atoms with E-state index in [0.29, 0.717) is 6.07 Å². The van der Waals surface area contributed by atoms with Crippen LogP contribution in [0.1, 0.15) is 13.8 Å². The van der Waals surface area contributed by atoms with E-state index in [4.69, 9.17) is 0 Å². The van der Waals surface area contributed by atoms with Gasteiger partial charge in [0.2, 0.25) is 0 Å². The molecule has 0 fully saturated rings. The molecular weight excluding hydrogens is 288 g/mol. The minimum Gasteiger partial charge on any atom is -0.221 e. The van der Waals surface area contributed by atoms with Crippen molar-refractivity contribution in [2.24, 2.45) is 0 Å². The van der Waals surface area contributed by atoms with Crippen LogP contribution in [0.2, 0.25) is 0 Å². The first-order valence-corrected chi connectivity index (χ1v) is 7.31. The van der Waals surface area contributed by atoms with Crippen molar-refractivity contribution in [1.29, 1.82) is 0 Å². The second kappa shape index (κ2) is 5.29. The minimum absolute atomic E-state index is 0.00312. The van der Waals surface area contributed by atoms with Gasteiger partial charge in [-0.2, -0.15) is 5.10 Å². The zero-order valence-corrected chi connectivity index (χ0v) is 11.7. The lowest BCUT2D eigenvalue weighted by Gasteiger charge is -2.11. The first-order valence-electron chi connectivity index (χ1n) is 5.82. The van der Waals surface area contributed by atoms with Crippen LogP contribution < -0.4 is 4.72 Å². The molecule has 1 heterocycles. The number of nitrogens with zero attached hydrogens (tertiary/aromatic N) is 2. The van der Waals surface area contributed by atoms with Crippen LogP contribution in [0.3, 0.4) is 0 Å². The van der Waals surface area contributed by atoms with Gasteiger partial charge >= 0.3 is 0 Å². The van der Waals surface area contributed by atoms with Gasteiger partial charge < -0.3 is 0 Å². The van der Waals surface area contributed by atoms with Gasteiger partial charge in [-0.25, -0.2) is 26.6 Å². The second-order valence-corrected chi connectivity index (χ2v) is 6.15. The molecule has 108 valence electrons. The van der Waals surface area contributed by atoms with Crippen LogP contribution >= 0.6 is 0 Å². The summed E-state index contributed by atoms with van der Waals surface area (Å²) in [5.41, 5.74) is -0.00312. The molecule has 0 aliphatic carbocycles. The Hall–Kier alpha value is -1.80. The van der Waals surface area contributed by atoms with Crippen molar-refractivity contribution in [2.75, 3.05) is 0 Å². The molecule has 0 radical (unpaired) electrons. The summed E-state index contributed by atoms with van der Waals surface area (Å²) < 4.78 is 54.0. The number of rotatable bonds is 4. The molecule has 2 rings (SSSR count). The SMILES string of the molecule is CC(C)NS(=O)(=O)c1ccnn1-c1cc(F)cc(F)c1. The average Bonchev–Trinajstić information content (AvgIpc) is 2.74. The van der Waals surface area contributed by atoms with E-state index in [1.54, 1.807) is 13.8 Å². The molecule has 0 aliphatic heterocycles. The predicted molar refractivity (Wildman–Crippen MR) is 68.9 cm³/mol. The normalized spacial score (nSPS) is 12.1. The molecule has 20 heavy (non-hydrogen) atoms. The maximum Gasteiger partial charge on any atom is 0.258 e. The molecule has 0 bridgehead atoms. The number of hydrogen-bond donors (Lipinski definition) is 1. The van der Waals surface area contributed by atoms with Crippen molar-refractivity contribution in [3.05, 3.63) is 42.1 Å². The highest BCUT2D eigenvalue weighted by atomic mass is 32.2. The first-order chi connectivity index (χ1) is 9.29. The van der Waals surface area contributed by atoms with Crippen molar-refractivity contribution < 1.29 is 17.2 Å². The van der Waals surface area contributed by atoms with Crippen LogP contribution in [0.15, 0.2) is 35.5 Å². The van der Waals surface area contributed by atoms with Crippen molar-refractivity contribution in [2.45, 2.75) is 24.9 Å². The number of benzene rings is 1. The van der Waals surface area contributed by atoms with Crippen molar-refractivity contribution in [1.82, 2.24) is 14.5 Å². The van der Waals surface area contributed by atoms with Crippen LogP contribution in [-0.4, -0.2) is 24.2 Å². The lowest BCUT2D eigenvalue weighted by atomic mass is 10.3. The first kappa shape index (κ1) is 14.6. The number of aromatic nitrogens is 2. The molecule has 0 spiro atoms. The summed E-state index contributed by atoms with van der Waals surface area (Å²) in [6.45, 7) is 3.33. The molecule has 0 saturated heterocycles. The Kier molecular flexibility index (Phi) is 3.87. The van der Waals surface area contributed by atoms with Crippen LogP contribution in [0.25, 0.3) is 5.69 Å². The van der Waals surface area contributed by atoms with Crippen molar-refractivity contribution >= 4 is 10.0 Å². The third-order valence-electron chi connectivity index (χ3n) is 2.37. The van der Waals surface area contributed by atoms with Crippen LogP contribution in [0.4, 0.5) is 8.78 Å². The van der Waals surface area contributed by atoms with Gasteiger partial charge in [0.1, 0.15) is 11.6 Å². The summed E-state index contributed by atoms with van der Waals surface area (Å²) in [4.78, 5) is 0. The Morgan fingerprint density at radius 3 is 2.35 bits per heavy atom. The van der Waals surface area contributed by atoms with E-state index in [1.165, 1.54) is 12.3 Å². The quantitative estimate of drug-likeness (QED) is 0.937. The molecule has 0 atom stereocenters. The predicted octanol–water partition coefficient (Wildman–Crippen LogP) is 1.84. The fraction of sp³-hybridized carbons (Fsp3) is 0.250. The summed E-state index contributed by atoms with van der Waals surface area (Å²) in [5, 5.41) is 3.62. The zero-order chi connectivity index (χ0) is 14.9. The molecule has 1 aromatic carbocycles. The molecule has 0 saturated carbocycles. The molecule has 1 N–H and O–H groups in total. The third kappa shape index (κ3) is 3.02. The Balaban J connectivity index is 2.53. The maximum absolute atomic E-state index is 13.2. The molecule has 0 aliphatic rings. The summed E-state index contributed by atoms with van der Waals surface area (Å²) in [6, 6.07) is 3.66. The van der Waals surface area contributed by atoms with E-state index in [1.807, 2.05) is 0 Å². The number of hydrogen-bond acceptors (Lipinski definition) is 3. The van der Waals surface area contributed by atoms with Gasteiger partial charge in [-0.3, -0.25) is 0 Å². The fourth-order valence-corrected chi connectivity index (χ4v) is 3.08. The highest BCUT2D eigenvalue weighted by Gasteiger charge is 2.21. The molecule has 2 aromatic rings. The fourth-order valence-electron chi connectivity index (χ4n) is 1.72. The Morgan fingerprint density at radius 1 is 1.20 bits per heavy atom. The van der Waals surface area contributed by atoms with E-state index < -0.39 is 21.7 Å². The smallest absolute Gasteiger partial charge is 0.221 e. The lowest BCUT2D eigenvalue weighted by molar-refractivity contribution is 0.556. The zero-order valence-electron chi connectivity index (χ0n) is 10.8. The topological polar surface area (TPSA) is 64.0 Å². The molecule has 0 amide bonds. The van der Waals surface area contributed by atoms with Gasteiger partial charge in [-0.15, -0.1) is 0 Å². The largest absolute Gasteiger partial charge is 0.258 e. The van der Waals surface area contributed by atoms with E-state index in [0.717, 1.165) is 16.8 Å². The second-order valence-electron chi connectivity index (χ2n) is 4.48. The maximum atomic E-state index is 13.2. The van der Waals surface area contributed by atoms with Gasteiger partial charge in [-0.1, -0.05) is 0 Å². The highest BCUT2D eigenvalue weighted by Crippen LogP contribution is 2.17. The third-order valence-corrected chi connectivity index (χ3v) is 4.01. The Labute approximate surface area is 115 Å². The monoisotopic (exact) mass is 301 g/mol. The van der Waals surface area contributed by atoms with Gasteiger partial charge in [-0.05, 0) is 32.0 Å². The lowest BCUT2D eigenvalue weighted by Crippen LogP contribution is -2.31. The Bertz CT molecular complexity index is 706. The number of halogens is 2. The standard InChI is InChI=1S/C12H13F2N3O2S/c1-8(2)16-20(18,19)12-3-4-15-17(12)11-6-9(13)5-10(14)7-11/h3-8,16H,1-2H3. The van der Waals surface area contributed by atoms with Gasteiger partial charge in [0.25, 0.3) is 10.0 Å². The van der Waals surface area contributed by atoms with E-state index >= 15 is 0 Å². The molecular formula is C12H13F2N3O2S. The van der Waals surface area contributed by atoms with E-state index in [2.05, 4.69) is 9.82 Å². The van der Waals surface area contributed by atoms with Crippen molar-refractivity contribution in [3.63, 3.8) is 0 Å². The van der Waals surface area contributed by atoms with Crippen LogP contribution in [0.5, 0.6) is 0 Å². The molecule has 0 unspecified atom stereocenters. The highest BCUT2D eigenvalue weighted by molar-refractivity contribution is 7.89. The van der Waals surface area contributed by atoms with Crippen molar-refractivity contribution in [3.8, 4) is 5.69 Å². The van der Waals surface area contributed by atoms with Gasteiger partial charge in [0, 0.05) is 12.1 Å². The number of nitrogens with one attached hydrogen (secondary N) is 1. The van der Waals surface area contributed by atoms with E-state index in [9.17, 15) is 17.2 Å². The van der Waals surface area contributed by atoms with Gasteiger partial charge in [0.05, 0.1) is 11.9 Å². The summed E-state index contributed by atoms with van der Waals surface area (Å²) in [5.74, 6) is -1.62. The number of sulfonamides is 1. The average molecular weight is 301 g/mol. The summed E-state index contributed by atoms with van der Waals surface area (Å²) in [7, 11) is -3.82. The molecule has 8 heteroatoms. The van der Waals surface area contributed by atoms with E-state index in [-0.39, 0.29) is 16.8 Å². The summed E-state index contributed by atoms with van der Waals surface area (Å²) >= 11 is 0. The van der Waals surface area contributed by atoms with Crippen LogP contribution in [0, 0.1) is 11.6 Å². The minimum atomic E-state index is -3.82. The molecule has 1 aromatic heterocycles. The van der Waals surface area contributed by atoms with Crippen LogP contribution in [-0.2, 0) is 10.0 Å². The Morgan fingerprint density at radius 2 is 1.80 bits per heavy atom. The van der Waals surface area contributed by atoms with Gasteiger partial charge in [0.15, 0.2) is 5.03 Å². The summed E-state index contributed by atoms with van der Waals surface area (Å²) in [6.07, 6.45) is 1.25.